The van der Waals surface area contributed by atoms with Gasteiger partial charge in [0.05, 0.1) is 0 Å². The van der Waals surface area contributed by atoms with Crippen molar-refractivity contribution in [3.63, 3.8) is 0 Å². The number of nitrogens with zero attached hydrogens (tertiary/aromatic N) is 6. The highest BCUT2D eigenvalue weighted by atomic mass is 32.1. The maximum atomic E-state index is 12.6. The minimum Gasteiger partial charge on any atom is -0.339 e. The molecule has 1 aliphatic heterocycles. The molecule has 29 heavy (non-hydrogen) atoms. The molecule has 3 aromatic rings. The van der Waals surface area contributed by atoms with Crippen LogP contribution in [0.4, 0.5) is 23.1 Å². The Kier molecular flexibility index (Phi) is 5.13. The Hall–Kier alpha value is -3.09. The Labute approximate surface area is 166 Å². The van der Waals surface area contributed by atoms with Crippen LogP contribution in [0.1, 0.15) is 29.7 Å². The lowest BCUT2D eigenvalue weighted by molar-refractivity contribution is -0.138. The third kappa shape index (κ3) is 4.34. The van der Waals surface area contributed by atoms with E-state index in [1.165, 1.54) is 4.90 Å². The summed E-state index contributed by atoms with van der Waals surface area (Å²) in [6, 6.07) is 4.87. The Morgan fingerprint density at radius 2 is 2.03 bits per heavy atom. The molecule has 13 heteroatoms. The summed E-state index contributed by atoms with van der Waals surface area (Å²) < 4.78 is 43.0. The Bertz CT molecular complexity index is 984. The molecule has 1 fully saturated rings. The number of carbonyl (C=O) groups is 1. The monoisotopic (exact) mass is 425 g/mol. The molecule has 1 aliphatic rings. The van der Waals surface area contributed by atoms with Crippen LogP contribution in [0, 0.1) is 0 Å². The zero-order valence-electron chi connectivity index (χ0n) is 14.8. The molecule has 9 nitrogen and oxygen atoms in total. The van der Waals surface area contributed by atoms with E-state index >= 15 is 0 Å². The topological polar surface area (TPSA) is 110 Å². The zero-order valence-corrected chi connectivity index (χ0v) is 15.6. The SMILES string of the molecule is O=C(Nc1nnc(C(F)(F)F)s1)N1CCC(c2nc(-c3ccccn3)no2)CC1. The number of amides is 2. The average molecular weight is 425 g/mol. The van der Waals surface area contributed by atoms with Crippen LogP contribution < -0.4 is 5.32 Å². The first-order chi connectivity index (χ1) is 13.9. The molecule has 0 atom stereocenters. The molecule has 0 aliphatic carbocycles. The lowest BCUT2D eigenvalue weighted by Crippen LogP contribution is -2.40. The molecule has 2 amide bonds. The summed E-state index contributed by atoms with van der Waals surface area (Å²) in [7, 11) is 0. The lowest BCUT2D eigenvalue weighted by atomic mass is 9.97. The van der Waals surface area contributed by atoms with Gasteiger partial charge in [0.15, 0.2) is 0 Å². The van der Waals surface area contributed by atoms with Gasteiger partial charge in [0.1, 0.15) is 5.69 Å². The smallest absolute Gasteiger partial charge is 0.339 e. The second-order valence-electron chi connectivity index (χ2n) is 6.27. The van der Waals surface area contributed by atoms with Gasteiger partial charge in [-0.1, -0.05) is 22.6 Å². The standard InChI is InChI=1S/C16H14F3N7O2S/c17-16(18,19)13-23-24-14(29-13)22-15(27)26-7-4-9(5-8-26)12-21-11(25-28-12)10-3-1-2-6-20-10/h1-3,6,9H,4-5,7-8H2,(H,22,24,27). The van der Waals surface area contributed by atoms with Crippen LogP contribution in [-0.2, 0) is 6.18 Å². The van der Waals surface area contributed by atoms with Gasteiger partial charge in [-0.05, 0) is 25.0 Å². The molecule has 0 radical (unpaired) electrons. The summed E-state index contributed by atoms with van der Waals surface area (Å²) in [5, 5.41) is 11.4. The fourth-order valence-corrected chi connectivity index (χ4v) is 3.49. The molecule has 0 bridgehead atoms. The molecule has 1 saturated heterocycles. The zero-order chi connectivity index (χ0) is 20.4. The van der Waals surface area contributed by atoms with Crippen molar-refractivity contribution < 1.29 is 22.5 Å². The quantitative estimate of drug-likeness (QED) is 0.685. The number of rotatable bonds is 3. The predicted octanol–water partition coefficient (Wildman–Crippen LogP) is 3.41. The van der Waals surface area contributed by atoms with E-state index in [9.17, 15) is 18.0 Å². The van der Waals surface area contributed by atoms with Gasteiger partial charge in [-0.3, -0.25) is 10.3 Å². The van der Waals surface area contributed by atoms with Crippen LogP contribution in [0.15, 0.2) is 28.9 Å². The summed E-state index contributed by atoms with van der Waals surface area (Å²) >= 11 is 0.285. The van der Waals surface area contributed by atoms with Crippen molar-refractivity contribution in [1.82, 2.24) is 30.2 Å². The number of hydrogen-bond donors (Lipinski definition) is 1. The number of pyridine rings is 1. The van der Waals surface area contributed by atoms with Crippen molar-refractivity contribution in [2.75, 3.05) is 18.4 Å². The molecule has 4 rings (SSSR count). The summed E-state index contributed by atoms with van der Waals surface area (Å²) in [6.07, 6.45) is -1.78. The molecular weight excluding hydrogens is 411 g/mol. The van der Waals surface area contributed by atoms with Crippen LogP contribution in [0.5, 0.6) is 0 Å². The highest BCUT2D eigenvalue weighted by Crippen LogP contribution is 2.33. The van der Waals surface area contributed by atoms with Crippen molar-refractivity contribution in [1.29, 1.82) is 0 Å². The number of likely N-dealkylation sites (tertiary alicyclic amines) is 1. The van der Waals surface area contributed by atoms with Crippen LogP contribution in [0.3, 0.4) is 0 Å². The second kappa shape index (κ2) is 7.73. The minimum absolute atomic E-state index is 0.0117. The summed E-state index contributed by atoms with van der Waals surface area (Å²) in [6.45, 7) is 0.783. The number of carbonyl (C=O) groups excluding carboxylic acids is 1. The van der Waals surface area contributed by atoms with Gasteiger partial charge < -0.3 is 9.42 Å². The van der Waals surface area contributed by atoms with E-state index in [2.05, 4.69) is 30.6 Å². The maximum Gasteiger partial charge on any atom is 0.445 e. The first-order valence-electron chi connectivity index (χ1n) is 8.62. The van der Waals surface area contributed by atoms with Gasteiger partial charge in [0, 0.05) is 25.2 Å². The molecule has 0 saturated carbocycles. The highest BCUT2D eigenvalue weighted by molar-refractivity contribution is 7.15. The van der Waals surface area contributed by atoms with Crippen LogP contribution in [0.2, 0.25) is 0 Å². The molecule has 4 heterocycles. The van der Waals surface area contributed by atoms with Gasteiger partial charge in [0.2, 0.25) is 21.9 Å². The Balaban J connectivity index is 1.33. The van der Waals surface area contributed by atoms with Gasteiger partial charge in [-0.15, -0.1) is 10.2 Å². The third-order valence-corrected chi connectivity index (χ3v) is 5.23. The fraction of sp³-hybridized carbons (Fsp3) is 0.375. The van der Waals surface area contributed by atoms with E-state index in [4.69, 9.17) is 4.52 Å². The van der Waals surface area contributed by atoms with E-state index in [1.54, 1.807) is 18.3 Å². The van der Waals surface area contributed by atoms with E-state index in [0.717, 1.165) is 0 Å². The first kappa shape index (κ1) is 19.2. The Morgan fingerprint density at radius 3 is 2.69 bits per heavy atom. The number of urea groups is 1. The highest BCUT2D eigenvalue weighted by Gasteiger charge is 2.36. The molecular formula is C16H14F3N7O2S. The van der Waals surface area contributed by atoms with Crippen LogP contribution >= 0.6 is 11.3 Å². The molecule has 1 N–H and O–H groups in total. The summed E-state index contributed by atoms with van der Waals surface area (Å²) in [5.74, 6) is 0.865. The average Bonchev–Trinajstić information content (AvgIpc) is 3.38. The number of nitrogens with one attached hydrogen (secondary N) is 1. The van der Waals surface area contributed by atoms with E-state index < -0.39 is 17.2 Å². The predicted molar refractivity (Wildman–Crippen MR) is 95.0 cm³/mol. The second-order valence-corrected chi connectivity index (χ2v) is 7.25. The normalized spacial score (nSPS) is 15.5. The summed E-state index contributed by atoms with van der Waals surface area (Å²) in [5.41, 5.74) is 0.606. The van der Waals surface area contributed by atoms with E-state index in [-0.39, 0.29) is 22.4 Å². The van der Waals surface area contributed by atoms with Crippen molar-refractivity contribution in [3.05, 3.63) is 35.3 Å². The van der Waals surface area contributed by atoms with Gasteiger partial charge in [0.25, 0.3) is 0 Å². The van der Waals surface area contributed by atoms with E-state index in [0.29, 0.717) is 43.3 Å². The van der Waals surface area contributed by atoms with Crippen LogP contribution in [0.25, 0.3) is 11.5 Å². The van der Waals surface area contributed by atoms with Crippen LogP contribution in [-0.4, -0.2) is 49.3 Å². The van der Waals surface area contributed by atoms with Gasteiger partial charge in [-0.25, -0.2) is 4.79 Å². The van der Waals surface area contributed by atoms with E-state index in [1.807, 2.05) is 6.07 Å². The number of halogens is 3. The lowest BCUT2D eigenvalue weighted by Gasteiger charge is -2.29. The molecule has 0 aromatic carbocycles. The third-order valence-electron chi connectivity index (χ3n) is 4.35. The number of piperidine rings is 1. The molecule has 0 spiro atoms. The van der Waals surface area contributed by atoms with Crippen molar-refractivity contribution in [2.45, 2.75) is 24.9 Å². The first-order valence-corrected chi connectivity index (χ1v) is 9.43. The number of alkyl halides is 3. The molecule has 152 valence electrons. The maximum absolute atomic E-state index is 12.6. The van der Waals surface area contributed by atoms with Gasteiger partial charge >= 0.3 is 12.2 Å². The molecule has 3 aromatic heterocycles. The van der Waals surface area contributed by atoms with Crippen molar-refractivity contribution >= 4 is 22.5 Å². The number of aromatic nitrogens is 5. The van der Waals surface area contributed by atoms with Crippen molar-refractivity contribution in [2.24, 2.45) is 0 Å². The largest absolute Gasteiger partial charge is 0.445 e. The number of hydrogen-bond acceptors (Lipinski definition) is 8. The van der Waals surface area contributed by atoms with Crippen molar-refractivity contribution in [3.8, 4) is 11.5 Å². The van der Waals surface area contributed by atoms with Gasteiger partial charge in [-0.2, -0.15) is 18.2 Å². The Morgan fingerprint density at radius 1 is 1.24 bits per heavy atom. The summed E-state index contributed by atoms with van der Waals surface area (Å²) in [4.78, 5) is 22.3. The minimum atomic E-state index is -4.59. The number of anilines is 1. The molecule has 0 unspecified atom stereocenters. The fourth-order valence-electron chi connectivity index (χ4n) is 2.89.